The number of alkyl halides is 3. The van der Waals surface area contributed by atoms with Gasteiger partial charge in [-0.05, 0) is 0 Å². The van der Waals surface area contributed by atoms with Crippen molar-refractivity contribution in [1.82, 2.24) is 0 Å². The van der Waals surface area contributed by atoms with E-state index in [1.165, 1.54) is 0 Å². The van der Waals surface area contributed by atoms with Crippen molar-refractivity contribution in [2.75, 3.05) is 6.61 Å². The van der Waals surface area contributed by atoms with Gasteiger partial charge in [-0.25, -0.2) is 0 Å². The van der Waals surface area contributed by atoms with Crippen LogP contribution in [0.5, 0.6) is 0 Å². The number of hydrogen-bond donors (Lipinski definition) is 5. The quantitative estimate of drug-likeness (QED) is 0.373. The van der Waals surface area contributed by atoms with E-state index >= 15 is 0 Å². The van der Waals surface area contributed by atoms with E-state index in [4.69, 9.17) is 50.4 Å². The molecule has 0 aromatic rings. The van der Waals surface area contributed by atoms with E-state index in [9.17, 15) is 20.1 Å². The third-order valence-electron chi connectivity index (χ3n) is 2.64. The van der Waals surface area contributed by atoms with Gasteiger partial charge in [0, 0.05) is 0 Å². The zero-order valence-electron chi connectivity index (χ0n) is 8.83. The number of Topliss-reactive ketones (excluding diaryl/α,β-unsaturated/α-hetero) is 1. The monoisotopic (exact) mass is 323 g/mol. The number of aliphatic hydroxyl groups excluding tert-OH is 3. The lowest BCUT2D eigenvalue weighted by atomic mass is 9.89. The number of ketones is 1. The Morgan fingerprint density at radius 3 is 2.22 bits per heavy atom. The predicted octanol–water partition coefficient (Wildman–Crippen LogP) is -1.95. The summed E-state index contributed by atoms with van der Waals surface area (Å²) >= 11 is 16.0. The molecular weight excluding hydrogens is 312 g/mol. The van der Waals surface area contributed by atoms with E-state index in [-0.39, 0.29) is 0 Å². The molecule has 1 aliphatic rings. The lowest BCUT2D eigenvalue weighted by Crippen LogP contribution is -2.72. The molecule has 0 bridgehead atoms. The largest absolute Gasteiger partial charge is 0.394 e. The molecule has 0 aromatic heterocycles. The smallest absolute Gasteiger partial charge is 0.254 e. The van der Waals surface area contributed by atoms with Crippen molar-refractivity contribution < 1.29 is 30.0 Å². The zero-order valence-corrected chi connectivity index (χ0v) is 11.1. The SMILES string of the molecule is N[C@H]1[C@@H](O)[C@H](O)[C@@H](CO)OC1(O)C(=O)C(Cl)(Cl)Cl. The molecule has 1 fully saturated rings. The van der Waals surface area contributed by atoms with Gasteiger partial charge < -0.3 is 30.9 Å². The molecule has 0 aromatic carbocycles. The van der Waals surface area contributed by atoms with Gasteiger partial charge in [0.1, 0.15) is 18.3 Å². The van der Waals surface area contributed by atoms with Gasteiger partial charge >= 0.3 is 0 Å². The molecule has 0 spiro atoms. The van der Waals surface area contributed by atoms with Crippen molar-refractivity contribution in [2.24, 2.45) is 5.73 Å². The molecule has 1 saturated heterocycles. The second-order valence-corrected chi connectivity index (χ2v) is 6.15. The van der Waals surface area contributed by atoms with Gasteiger partial charge in [-0.15, -0.1) is 0 Å². The Morgan fingerprint density at radius 1 is 1.33 bits per heavy atom. The van der Waals surface area contributed by atoms with Crippen molar-refractivity contribution in [1.29, 1.82) is 0 Å². The van der Waals surface area contributed by atoms with Crippen LogP contribution in [0.3, 0.4) is 0 Å². The first-order valence-electron chi connectivity index (χ1n) is 4.80. The predicted molar refractivity (Wildman–Crippen MR) is 62.2 cm³/mol. The van der Waals surface area contributed by atoms with E-state index < -0.39 is 46.3 Å². The van der Waals surface area contributed by atoms with Crippen LogP contribution in [0.15, 0.2) is 0 Å². The number of aliphatic hydroxyl groups is 4. The molecule has 18 heavy (non-hydrogen) atoms. The maximum absolute atomic E-state index is 11.7. The highest BCUT2D eigenvalue weighted by molar-refractivity contribution is 6.76. The number of halogens is 3. The Morgan fingerprint density at radius 2 is 1.83 bits per heavy atom. The Labute approximate surface area is 117 Å². The Hall–Kier alpha value is 0.300. The summed E-state index contributed by atoms with van der Waals surface area (Å²) in [6, 6.07) is -1.74. The number of hydrogen-bond acceptors (Lipinski definition) is 7. The van der Waals surface area contributed by atoms with Crippen LogP contribution in [0, 0.1) is 0 Å². The van der Waals surface area contributed by atoms with Crippen LogP contribution in [0.2, 0.25) is 0 Å². The summed E-state index contributed by atoms with van der Waals surface area (Å²) < 4.78 is 2.24. The summed E-state index contributed by atoms with van der Waals surface area (Å²) in [6.45, 7) is -0.777. The second-order valence-electron chi connectivity index (χ2n) is 3.87. The fourth-order valence-electron chi connectivity index (χ4n) is 1.60. The lowest BCUT2D eigenvalue weighted by Gasteiger charge is -2.45. The topological polar surface area (TPSA) is 133 Å². The number of ether oxygens (including phenoxy) is 1. The van der Waals surface area contributed by atoms with Gasteiger partial charge in [0.05, 0.1) is 12.6 Å². The van der Waals surface area contributed by atoms with Crippen LogP contribution in [0.25, 0.3) is 0 Å². The number of rotatable bonds is 2. The highest BCUT2D eigenvalue weighted by Gasteiger charge is 2.60. The normalized spacial score (nSPS) is 41.8. The van der Waals surface area contributed by atoms with Gasteiger partial charge in [0.25, 0.3) is 3.79 Å². The average molecular weight is 325 g/mol. The second kappa shape index (κ2) is 5.35. The maximum atomic E-state index is 11.7. The third-order valence-corrected chi connectivity index (χ3v) is 3.16. The van der Waals surface area contributed by atoms with Crippen LogP contribution in [0.4, 0.5) is 0 Å². The molecule has 5 atom stereocenters. The van der Waals surface area contributed by atoms with Crippen molar-refractivity contribution in [2.45, 2.75) is 33.9 Å². The minimum absolute atomic E-state index is 0.777. The minimum Gasteiger partial charge on any atom is -0.394 e. The van der Waals surface area contributed by atoms with Gasteiger partial charge in [0.15, 0.2) is 0 Å². The van der Waals surface area contributed by atoms with Crippen LogP contribution in [-0.4, -0.2) is 66.7 Å². The highest BCUT2D eigenvalue weighted by atomic mass is 35.6. The van der Waals surface area contributed by atoms with E-state index in [0.29, 0.717) is 0 Å². The van der Waals surface area contributed by atoms with Gasteiger partial charge in [-0.1, -0.05) is 34.8 Å². The fourth-order valence-corrected chi connectivity index (χ4v) is 2.00. The first-order valence-corrected chi connectivity index (χ1v) is 5.93. The molecule has 106 valence electrons. The molecule has 7 nitrogen and oxygen atoms in total. The third kappa shape index (κ3) is 2.74. The Balaban J connectivity index is 3.10. The van der Waals surface area contributed by atoms with Gasteiger partial charge in [-0.3, -0.25) is 4.79 Å². The Bertz CT molecular complexity index is 335. The van der Waals surface area contributed by atoms with E-state index in [1.807, 2.05) is 0 Å². The summed E-state index contributed by atoms with van der Waals surface area (Å²) in [5.74, 6) is -4.24. The molecule has 0 aliphatic carbocycles. The van der Waals surface area contributed by atoms with E-state index in [1.54, 1.807) is 0 Å². The number of nitrogens with two attached hydrogens (primary N) is 1. The maximum Gasteiger partial charge on any atom is 0.254 e. The molecule has 1 rings (SSSR count). The van der Waals surface area contributed by atoms with Crippen LogP contribution >= 0.6 is 34.8 Å². The molecule has 1 unspecified atom stereocenters. The first-order chi connectivity index (χ1) is 8.05. The molecule has 0 amide bonds. The van der Waals surface area contributed by atoms with Crippen molar-refractivity contribution >= 4 is 40.6 Å². The summed E-state index contributed by atoms with van der Waals surface area (Å²) in [5.41, 5.74) is 5.40. The number of carbonyl (C=O) groups is 1. The summed E-state index contributed by atoms with van der Waals surface area (Å²) in [7, 11) is 0. The molecule has 1 heterocycles. The standard InChI is InChI=1S/C8H12Cl3NO6/c9-8(10,11)6(16)7(17)5(12)4(15)3(14)2(1-13)18-7/h2-5,13-15,17H,1,12H2/t2-,3-,4+,5+,7?/m1/s1. The molecular formula is C8H12Cl3NO6. The number of carbonyl (C=O) groups excluding carboxylic acids is 1. The van der Waals surface area contributed by atoms with Crippen LogP contribution in [0.1, 0.15) is 0 Å². The van der Waals surface area contributed by atoms with Crippen molar-refractivity contribution in [3.8, 4) is 0 Å². The fraction of sp³-hybridized carbons (Fsp3) is 0.875. The highest BCUT2D eigenvalue weighted by Crippen LogP contribution is 2.37. The zero-order chi connectivity index (χ0) is 14.3. The summed E-state index contributed by atoms with van der Waals surface area (Å²) in [6.07, 6.45) is -4.77. The summed E-state index contributed by atoms with van der Waals surface area (Å²) in [5, 5.41) is 38.0. The molecule has 1 aliphatic heterocycles. The average Bonchev–Trinajstić information content (AvgIpc) is 2.29. The molecule has 10 heteroatoms. The minimum atomic E-state index is -2.82. The summed E-state index contributed by atoms with van der Waals surface area (Å²) in [4.78, 5) is 11.7. The van der Waals surface area contributed by atoms with Gasteiger partial charge in [0.2, 0.25) is 11.6 Å². The molecule has 6 N–H and O–H groups in total. The van der Waals surface area contributed by atoms with Gasteiger partial charge in [-0.2, -0.15) is 0 Å². The lowest BCUT2D eigenvalue weighted by molar-refractivity contribution is -0.297. The van der Waals surface area contributed by atoms with Crippen molar-refractivity contribution in [3.05, 3.63) is 0 Å². The van der Waals surface area contributed by atoms with Crippen LogP contribution < -0.4 is 5.73 Å². The molecule has 0 radical (unpaired) electrons. The molecule has 0 saturated carbocycles. The van der Waals surface area contributed by atoms with E-state index in [2.05, 4.69) is 0 Å². The first kappa shape index (κ1) is 16.4. The van der Waals surface area contributed by atoms with Crippen molar-refractivity contribution in [3.63, 3.8) is 0 Å². The Kier molecular flexibility index (Phi) is 4.86. The van der Waals surface area contributed by atoms with Crippen LogP contribution in [-0.2, 0) is 9.53 Å². The van der Waals surface area contributed by atoms with E-state index in [0.717, 1.165) is 0 Å².